The van der Waals surface area contributed by atoms with Gasteiger partial charge in [0.15, 0.2) is 0 Å². The summed E-state index contributed by atoms with van der Waals surface area (Å²) >= 11 is 6.28. The zero-order chi connectivity index (χ0) is 17.4. The minimum absolute atomic E-state index is 0.318. The third-order valence-electron chi connectivity index (χ3n) is 3.81. The number of pyridine rings is 1. The first-order valence-electron chi connectivity index (χ1n) is 7.53. The lowest BCUT2D eigenvalue weighted by Gasteiger charge is -2.11. The molecule has 3 aromatic heterocycles. The number of imidazole rings is 1. The van der Waals surface area contributed by atoms with Crippen molar-refractivity contribution in [3.8, 4) is 5.69 Å². The predicted molar refractivity (Wildman–Crippen MR) is 94.3 cm³/mol. The Bertz CT molecular complexity index is 1070. The summed E-state index contributed by atoms with van der Waals surface area (Å²) in [4.78, 5) is 20.9. The number of carbonyl (C=O) groups excluding carboxylic acids is 1. The normalized spacial score (nSPS) is 11.0. The maximum Gasteiger partial charge on any atom is 0.275 e. The van der Waals surface area contributed by atoms with Crippen molar-refractivity contribution in [3.05, 3.63) is 71.7 Å². The molecule has 25 heavy (non-hydrogen) atoms. The van der Waals surface area contributed by atoms with Crippen LogP contribution in [0.2, 0.25) is 5.02 Å². The van der Waals surface area contributed by atoms with Gasteiger partial charge in [0.25, 0.3) is 5.91 Å². The van der Waals surface area contributed by atoms with Gasteiger partial charge in [-0.3, -0.25) is 4.79 Å². The molecule has 0 bridgehead atoms. The van der Waals surface area contributed by atoms with Gasteiger partial charge in [-0.25, -0.2) is 14.6 Å². The standard InChI is InChI=1S/C17H13ClN6O/c1-11-4-2-7-15-21-14(8-23(11)15)17(25)22-13-6-3-5-12(18)16(13)24-10-19-9-20-24/h2-10H,1H3,(H,22,25). The molecular weight excluding hydrogens is 340 g/mol. The lowest BCUT2D eigenvalue weighted by molar-refractivity contribution is 0.102. The zero-order valence-corrected chi connectivity index (χ0v) is 14.0. The molecule has 1 aromatic carbocycles. The van der Waals surface area contributed by atoms with Crippen LogP contribution in [0.25, 0.3) is 11.3 Å². The SMILES string of the molecule is Cc1cccc2nc(C(=O)Nc3cccc(Cl)c3-n3cncn3)cn12. The third kappa shape index (κ3) is 2.74. The number of benzene rings is 1. The molecule has 0 unspecified atom stereocenters. The number of para-hydroxylation sites is 1. The molecule has 8 heteroatoms. The highest BCUT2D eigenvalue weighted by Gasteiger charge is 2.16. The average Bonchev–Trinajstić information content (AvgIpc) is 3.25. The maximum atomic E-state index is 12.7. The van der Waals surface area contributed by atoms with Gasteiger partial charge in [0.1, 0.15) is 29.7 Å². The highest BCUT2D eigenvalue weighted by Crippen LogP contribution is 2.28. The van der Waals surface area contributed by atoms with Crippen molar-refractivity contribution in [2.24, 2.45) is 0 Å². The van der Waals surface area contributed by atoms with Crippen molar-refractivity contribution < 1.29 is 4.79 Å². The van der Waals surface area contributed by atoms with E-state index in [-0.39, 0.29) is 5.91 Å². The lowest BCUT2D eigenvalue weighted by atomic mass is 10.2. The number of aryl methyl sites for hydroxylation is 1. The molecule has 7 nitrogen and oxygen atoms in total. The third-order valence-corrected chi connectivity index (χ3v) is 4.12. The van der Waals surface area contributed by atoms with E-state index in [1.807, 2.05) is 29.5 Å². The molecule has 0 aliphatic carbocycles. The summed E-state index contributed by atoms with van der Waals surface area (Å²) in [5, 5.41) is 7.39. The number of rotatable bonds is 3. The summed E-state index contributed by atoms with van der Waals surface area (Å²) in [6.07, 6.45) is 4.63. The lowest BCUT2D eigenvalue weighted by Crippen LogP contribution is -2.14. The first-order chi connectivity index (χ1) is 12.1. The van der Waals surface area contributed by atoms with Crippen LogP contribution in [-0.4, -0.2) is 30.1 Å². The van der Waals surface area contributed by atoms with E-state index in [1.165, 1.54) is 17.3 Å². The van der Waals surface area contributed by atoms with Gasteiger partial charge >= 0.3 is 0 Å². The number of carbonyl (C=O) groups is 1. The van der Waals surface area contributed by atoms with E-state index in [9.17, 15) is 4.79 Å². The van der Waals surface area contributed by atoms with Crippen LogP contribution >= 0.6 is 11.6 Å². The van der Waals surface area contributed by atoms with Gasteiger partial charge < -0.3 is 9.72 Å². The minimum Gasteiger partial charge on any atom is -0.319 e. The number of hydrogen-bond acceptors (Lipinski definition) is 4. The van der Waals surface area contributed by atoms with Crippen molar-refractivity contribution >= 4 is 28.8 Å². The molecule has 0 aliphatic heterocycles. The predicted octanol–water partition coefficient (Wildman–Crippen LogP) is 3.13. The Morgan fingerprint density at radius 1 is 1.20 bits per heavy atom. The van der Waals surface area contributed by atoms with Crippen LogP contribution in [0.4, 0.5) is 5.69 Å². The molecule has 0 fully saturated rings. The van der Waals surface area contributed by atoms with Crippen LogP contribution in [0.5, 0.6) is 0 Å². The van der Waals surface area contributed by atoms with Crippen LogP contribution in [0.15, 0.2) is 55.2 Å². The molecule has 1 amide bonds. The van der Waals surface area contributed by atoms with Crippen LogP contribution < -0.4 is 5.32 Å². The molecule has 0 saturated carbocycles. The van der Waals surface area contributed by atoms with Crippen molar-refractivity contribution in [2.75, 3.05) is 5.32 Å². The molecule has 1 N–H and O–H groups in total. The Morgan fingerprint density at radius 2 is 2.04 bits per heavy atom. The summed E-state index contributed by atoms with van der Waals surface area (Å²) < 4.78 is 3.37. The van der Waals surface area contributed by atoms with E-state index in [0.717, 1.165) is 5.69 Å². The smallest absolute Gasteiger partial charge is 0.275 e. The summed E-state index contributed by atoms with van der Waals surface area (Å²) in [6, 6.07) is 10.9. The fourth-order valence-electron chi connectivity index (χ4n) is 2.62. The Balaban J connectivity index is 1.71. The number of aromatic nitrogens is 5. The molecule has 3 heterocycles. The van der Waals surface area contributed by atoms with Gasteiger partial charge in [0, 0.05) is 11.9 Å². The van der Waals surface area contributed by atoms with Crippen molar-refractivity contribution in [3.63, 3.8) is 0 Å². The Labute approximate surface area is 147 Å². The van der Waals surface area contributed by atoms with Crippen LogP contribution in [0.1, 0.15) is 16.2 Å². The number of hydrogen-bond donors (Lipinski definition) is 1. The largest absolute Gasteiger partial charge is 0.319 e. The molecule has 4 rings (SSSR count). The van der Waals surface area contributed by atoms with E-state index < -0.39 is 0 Å². The van der Waals surface area contributed by atoms with Crippen LogP contribution in [0.3, 0.4) is 0 Å². The van der Waals surface area contributed by atoms with Crippen LogP contribution in [-0.2, 0) is 0 Å². The number of halogens is 1. The van der Waals surface area contributed by atoms with E-state index in [0.29, 0.717) is 27.7 Å². The van der Waals surface area contributed by atoms with Gasteiger partial charge in [-0.05, 0) is 31.2 Å². The minimum atomic E-state index is -0.327. The number of nitrogens with one attached hydrogen (secondary N) is 1. The fraction of sp³-hybridized carbons (Fsp3) is 0.0588. The monoisotopic (exact) mass is 352 g/mol. The number of fused-ring (bicyclic) bond motifs is 1. The highest BCUT2D eigenvalue weighted by molar-refractivity contribution is 6.33. The molecule has 0 atom stereocenters. The molecule has 124 valence electrons. The molecule has 0 saturated heterocycles. The molecule has 0 radical (unpaired) electrons. The van der Waals surface area contributed by atoms with Gasteiger partial charge in [-0.2, -0.15) is 5.10 Å². The average molecular weight is 353 g/mol. The first-order valence-corrected chi connectivity index (χ1v) is 7.91. The zero-order valence-electron chi connectivity index (χ0n) is 13.2. The Morgan fingerprint density at radius 3 is 2.80 bits per heavy atom. The van der Waals surface area contributed by atoms with E-state index in [1.54, 1.807) is 24.4 Å². The number of anilines is 1. The van der Waals surface area contributed by atoms with E-state index >= 15 is 0 Å². The Kier molecular flexibility index (Phi) is 3.70. The topological polar surface area (TPSA) is 77.1 Å². The second-order valence-electron chi connectivity index (χ2n) is 5.45. The van der Waals surface area contributed by atoms with Gasteiger partial charge in [0.05, 0.1) is 10.7 Å². The molecule has 0 spiro atoms. The van der Waals surface area contributed by atoms with Crippen molar-refractivity contribution in [1.29, 1.82) is 0 Å². The summed E-state index contributed by atoms with van der Waals surface area (Å²) in [5.41, 5.74) is 3.11. The molecule has 0 aliphatic rings. The van der Waals surface area contributed by atoms with Gasteiger partial charge in [-0.1, -0.05) is 23.7 Å². The highest BCUT2D eigenvalue weighted by atomic mass is 35.5. The number of nitrogens with zero attached hydrogens (tertiary/aromatic N) is 5. The maximum absolute atomic E-state index is 12.7. The second kappa shape index (κ2) is 6.03. The van der Waals surface area contributed by atoms with Crippen molar-refractivity contribution in [1.82, 2.24) is 24.1 Å². The van der Waals surface area contributed by atoms with E-state index in [4.69, 9.17) is 11.6 Å². The number of amides is 1. The molecular formula is C17H13ClN6O. The Hall–Kier alpha value is -3.19. The van der Waals surface area contributed by atoms with Crippen LogP contribution in [0, 0.1) is 6.92 Å². The van der Waals surface area contributed by atoms with Crippen molar-refractivity contribution in [2.45, 2.75) is 6.92 Å². The second-order valence-corrected chi connectivity index (χ2v) is 5.86. The van der Waals surface area contributed by atoms with E-state index in [2.05, 4.69) is 20.4 Å². The summed E-state index contributed by atoms with van der Waals surface area (Å²) in [5.74, 6) is -0.327. The quantitative estimate of drug-likeness (QED) is 0.614. The molecule has 4 aromatic rings. The van der Waals surface area contributed by atoms with Gasteiger partial charge in [-0.15, -0.1) is 0 Å². The first kappa shape index (κ1) is 15.3. The summed E-state index contributed by atoms with van der Waals surface area (Å²) in [7, 11) is 0. The van der Waals surface area contributed by atoms with Gasteiger partial charge in [0.2, 0.25) is 0 Å². The fourth-order valence-corrected chi connectivity index (χ4v) is 2.88. The summed E-state index contributed by atoms with van der Waals surface area (Å²) in [6.45, 7) is 1.95.